The van der Waals surface area contributed by atoms with Crippen molar-refractivity contribution in [1.82, 2.24) is 37.2 Å². The number of hydrogen-bond acceptors (Lipinski definition) is 26. The maximum atomic E-state index is 16.0. The van der Waals surface area contributed by atoms with E-state index in [1.54, 1.807) is 0 Å². The van der Waals surface area contributed by atoms with Crippen molar-refractivity contribution in [3.05, 3.63) is 117 Å². The van der Waals surface area contributed by atoms with Gasteiger partial charge in [0.2, 0.25) is 53.4 Å². The molecule has 5 aromatic carbocycles. The first kappa shape index (κ1) is 81.0. The number of carbonyl (C=O) groups excluding carboxylic acids is 7. The first-order valence-corrected chi connectivity index (χ1v) is 34.7. The minimum Gasteiger partial charge on any atom is -0.508 e. The zero-order chi connectivity index (χ0) is 78.0. The first-order valence-electron chi connectivity index (χ1n) is 32.4. The lowest BCUT2D eigenvalue weighted by atomic mass is 9.86. The van der Waals surface area contributed by atoms with E-state index in [1.165, 1.54) is 33.0 Å². The highest BCUT2D eigenvalue weighted by molar-refractivity contribution is 7.45. The van der Waals surface area contributed by atoms with Gasteiger partial charge in [-0.05, 0) is 110 Å². The molecule has 5 aromatic rings. The number of benzene rings is 5. The van der Waals surface area contributed by atoms with Gasteiger partial charge in [0, 0.05) is 34.7 Å². The summed E-state index contributed by atoms with van der Waals surface area (Å²) in [5.41, 5.74) is 8.00. The number of aromatic hydroxyl groups is 3. The number of primary amides is 1. The predicted molar refractivity (Wildman–Crippen MR) is 364 cm³/mol. The normalized spacial score (nSPS) is 28.6. The Bertz CT molecular complexity index is 4260. The molecule has 37 nitrogen and oxygen atoms in total. The van der Waals surface area contributed by atoms with Crippen LogP contribution in [-0.2, 0) is 57.1 Å². The van der Waals surface area contributed by atoms with E-state index in [1.807, 2.05) is 13.8 Å². The fraction of sp³-hybridized carbons (Fsp3) is 0.424. The van der Waals surface area contributed by atoms with Crippen molar-refractivity contribution in [2.24, 2.45) is 17.4 Å². The highest BCUT2D eigenvalue weighted by atomic mass is 35.5. The summed E-state index contributed by atoms with van der Waals surface area (Å²) in [6, 6.07) is -0.679. The van der Waals surface area contributed by atoms with Crippen molar-refractivity contribution in [3.8, 4) is 57.1 Å². The van der Waals surface area contributed by atoms with Crippen LogP contribution in [0.2, 0.25) is 10.0 Å². The Morgan fingerprint density at radius 3 is 1.85 bits per heavy atom. The van der Waals surface area contributed by atoms with Crippen LogP contribution in [0.15, 0.2) is 78.9 Å². The summed E-state index contributed by atoms with van der Waals surface area (Å²) >= 11 is 14.1. The van der Waals surface area contributed by atoms with E-state index >= 15 is 14.4 Å². The number of fused-ring (bicyclic) bond motifs is 15. The van der Waals surface area contributed by atoms with Crippen molar-refractivity contribution in [1.29, 1.82) is 0 Å². The average Bonchev–Trinajstić information content (AvgIpc) is 0.767. The highest BCUT2D eigenvalue weighted by Crippen LogP contribution is 2.50. The average molecular weight is 1550 g/mol. The molecule has 18 unspecified atom stereocenters. The molecule has 24 N–H and O–H groups in total. The standard InChI is InChI=1S/C66H75Cl2N9O24.H3O4P/c1-23(2)12-34(71-5)58(88)76-49-51(83)26-7-10-38(32(67)14-26)97-40-16-28-17-41(55(40)101-65-56(54(86)53(85)42(22-78)99-65)100-44-21-66(4,70)57(87)24(3)96-44)98-39-11-8-27(15-33(39)68)52(84)50-63(93)75-48(64(94)95)31-18-29(79)19-37(81)45(31)30-13-25(6-9-36(30)80)46(60(90)77-50)74-61(91)47(28)73-59(89)35(20-43(69)82)72-62(49)92;1-5(2,3)4/h6-11,13-19,23-24,34-35,42,44,46-54,56-57,65,71,78-81,83-87H,12,20-22,70H2,1-5H3,(H2,69,82)(H,72,92)(H,73,89)(H,74,91)(H,75,93)(H,76,88)(H,77,90)(H,94,95);(H3,1,2,3,4). The molecule has 7 aliphatic heterocycles. The topological polar surface area (TPSA) is 608 Å². The second kappa shape index (κ2) is 33.0. The number of carboxylic acid groups (broad SMARTS) is 1. The van der Waals surface area contributed by atoms with Crippen molar-refractivity contribution in [3.63, 3.8) is 0 Å². The van der Waals surface area contributed by atoms with Gasteiger partial charge >= 0.3 is 13.8 Å². The van der Waals surface area contributed by atoms with E-state index in [9.17, 15) is 75.0 Å². The molecule has 11 bridgehead atoms. The maximum Gasteiger partial charge on any atom is 0.466 e. The van der Waals surface area contributed by atoms with Gasteiger partial charge in [-0.2, -0.15) is 0 Å². The predicted octanol–water partition coefficient (Wildman–Crippen LogP) is -0.822. The second-order valence-electron chi connectivity index (χ2n) is 26.2. The Morgan fingerprint density at radius 1 is 0.717 bits per heavy atom. The summed E-state index contributed by atoms with van der Waals surface area (Å²) in [5.74, 6) is -16.0. The summed E-state index contributed by atoms with van der Waals surface area (Å²) in [6.45, 7) is 5.66. The van der Waals surface area contributed by atoms with Gasteiger partial charge in [0.1, 0.15) is 89.5 Å². The number of aliphatic carboxylic acids is 1. The van der Waals surface area contributed by atoms with Gasteiger partial charge in [0.25, 0.3) is 0 Å². The molecule has 2 saturated heterocycles. The van der Waals surface area contributed by atoms with Crippen molar-refractivity contribution in [2.75, 3.05) is 13.7 Å². The molecule has 0 radical (unpaired) electrons. The van der Waals surface area contributed by atoms with E-state index in [4.69, 9.17) is 82.3 Å². The molecular formula is C66H78Cl2N9O28P. The number of phosphoric acid groups is 1. The van der Waals surface area contributed by atoms with Gasteiger partial charge in [-0.1, -0.05) is 55.2 Å². The summed E-state index contributed by atoms with van der Waals surface area (Å²) < 4.78 is 47.2. The fourth-order valence-electron chi connectivity index (χ4n) is 12.5. The van der Waals surface area contributed by atoms with Crippen LogP contribution < -0.4 is 62.9 Å². The number of phenols is 3. The number of carbonyl (C=O) groups is 8. The molecule has 106 heavy (non-hydrogen) atoms. The number of likely N-dealkylation sites (N-methyl/N-ethyl adjacent to an activating group) is 1. The van der Waals surface area contributed by atoms with E-state index in [0.717, 1.165) is 66.7 Å². The molecule has 0 aliphatic carbocycles. The number of hydrogen-bond donors (Lipinski definition) is 22. The van der Waals surface area contributed by atoms with Crippen LogP contribution in [0.3, 0.4) is 0 Å². The van der Waals surface area contributed by atoms with E-state index < -0.39 is 245 Å². The molecule has 7 heterocycles. The van der Waals surface area contributed by atoms with Crippen LogP contribution in [0.4, 0.5) is 0 Å². The van der Waals surface area contributed by atoms with Crippen molar-refractivity contribution < 1.29 is 137 Å². The molecule has 2 fully saturated rings. The highest BCUT2D eigenvalue weighted by Gasteiger charge is 2.52. The number of aliphatic hydroxyl groups is 6. The molecule has 0 spiro atoms. The number of ether oxygens (including phenoxy) is 6. The van der Waals surface area contributed by atoms with Gasteiger partial charge in [0.05, 0.1) is 41.3 Å². The van der Waals surface area contributed by atoms with Crippen LogP contribution in [0.25, 0.3) is 11.1 Å². The molecule has 18 atom stereocenters. The van der Waals surface area contributed by atoms with E-state index in [0.29, 0.717) is 0 Å². The Labute approximate surface area is 611 Å². The Hall–Kier alpha value is -9.09. The molecular weight excluding hydrogens is 1470 g/mol. The zero-order valence-corrected chi connectivity index (χ0v) is 58.9. The fourth-order valence-corrected chi connectivity index (χ4v) is 12.9. The summed E-state index contributed by atoms with van der Waals surface area (Å²) in [6.07, 6.45) is -18.6. The van der Waals surface area contributed by atoms with E-state index in [2.05, 4.69) is 37.2 Å². The second-order valence-corrected chi connectivity index (χ2v) is 28.1. The van der Waals surface area contributed by atoms with E-state index in [-0.39, 0.29) is 46.2 Å². The maximum absolute atomic E-state index is 16.0. The third-order valence-electron chi connectivity index (χ3n) is 17.8. The smallest absolute Gasteiger partial charge is 0.466 e. The van der Waals surface area contributed by atoms with Crippen molar-refractivity contribution >= 4 is 78.3 Å². The lowest BCUT2D eigenvalue weighted by Gasteiger charge is -2.47. The number of rotatable bonds is 13. The Kier molecular flexibility index (Phi) is 25.2. The largest absolute Gasteiger partial charge is 0.508 e. The lowest BCUT2D eigenvalue weighted by Crippen LogP contribution is -2.64. The minimum atomic E-state index is -4.64. The molecule has 7 aliphatic rings. The quantitative estimate of drug-likeness (QED) is 0.0640. The lowest BCUT2D eigenvalue weighted by molar-refractivity contribution is -0.333. The van der Waals surface area contributed by atoms with Gasteiger partial charge in [-0.3, -0.25) is 33.6 Å². The van der Waals surface area contributed by atoms with Crippen LogP contribution in [0, 0.1) is 5.92 Å². The van der Waals surface area contributed by atoms with Crippen LogP contribution >= 0.6 is 31.0 Å². The minimum absolute atomic E-state index is 0.0975. The number of aliphatic hydroxyl groups excluding tert-OH is 6. The summed E-state index contributed by atoms with van der Waals surface area (Å²) in [7, 11) is -3.17. The number of halogens is 2. The Morgan fingerprint density at radius 2 is 1.29 bits per heavy atom. The summed E-state index contributed by atoms with van der Waals surface area (Å²) in [5, 5.41) is 131. The number of amides is 7. The van der Waals surface area contributed by atoms with Gasteiger partial charge in [-0.15, -0.1) is 0 Å². The number of nitrogens with one attached hydrogen (secondary N) is 7. The number of carboxylic acids is 1. The summed E-state index contributed by atoms with van der Waals surface area (Å²) in [4.78, 5) is 138. The SMILES string of the molecule is CNC(CC(C)C)C(=O)NC1C(=O)NC(CC(N)=O)C(=O)NC2C(=O)NC3C(=O)NC(C(=O)NC(C(=O)O)c4cc(O)cc(O)c4-c4cc3ccc4O)C(O)c3ccc(c(Cl)c3)Oc3cc2cc(c3OC2OC(CO)C(O)C(O)C2OC2CC(C)(N)C(O)C(C)O2)Oc2ccc(cc2Cl)C1O.O=P(O)(O)O. The number of nitrogens with two attached hydrogens (primary N) is 2. The third kappa shape index (κ3) is 18.5. The zero-order valence-electron chi connectivity index (χ0n) is 56.5. The first-order chi connectivity index (χ1) is 49.7. The van der Waals surface area contributed by atoms with Gasteiger partial charge in [-0.25, -0.2) is 9.36 Å². The third-order valence-corrected chi connectivity index (χ3v) is 18.4. The molecule has 574 valence electrons. The monoisotopic (exact) mass is 1550 g/mol. The molecule has 12 rings (SSSR count). The van der Waals surface area contributed by atoms with Crippen LogP contribution in [0.1, 0.15) is 105 Å². The number of phenolic OH excluding ortho intramolecular Hbond substituents is 3. The van der Waals surface area contributed by atoms with Crippen LogP contribution in [-0.4, -0.2) is 206 Å². The Balaban J connectivity index is 0.00000251. The molecule has 40 heteroatoms. The van der Waals surface area contributed by atoms with Gasteiger partial charge < -0.3 is 143 Å². The van der Waals surface area contributed by atoms with Gasteiger partial charge in [0.15, 0.2) is 29.9 Å². The molecule has 0 saturated carbocycles. The molecule has 7 amide bonds. The van der Waals surface area contributed by atoms with Crippen molar-refractivity contribution in [2.45, 2.75) is 156 Å². The van der Waals surface area contributed by atoms with Crippen LogP contribution in [0.5, 0.6) is 46.0 Å². The molecule has 0 aromatic heterocycles.